The van der Waals surface area contributed by atoms with Gasteiger partial charge in [0.25, 0.3) is 0 Å². The normalized spacial score (nSPS) is 9.95. The molecule has 0 heterocycles. The molecule has 3 amide bonds. The van der Waals surface area contributed by atoms with Crippen LogP contribution in [0.2, 0.25) is 0 Å². The van der Waals surface area contributed by atoms with Crippen molar-refractivity contribution in [1.29, 1.82) is 0 Å². The van der Waals surface area contributed by atoms with E-state index >= 15 is 0 Å². The number of urea groups is 1. The summed E-state index contributed by atoms with van der Waals surface area (Å²) in [5.41, 5.74) is 5.70. The molecule has 0 aromatic heterocycles. The predicted octanol–water partition coefficient (Wildman–Crippen LogP) is 0.895. The molecule has 0 saturated heterocycles. The van der Waals surface area contributed by atoms with E-state index in [0.29, 0.717) is 12.2 Å². The molecule has 0 aliphatic carbocycles. The molecule has 0 aliphatic rings. The Balaban J connectivity index is 2.96. The molecule has 0 spiro atoms. The molecule has 1 aromatic carbocycles. The van der Waals surface area contributed by atoms with Crippen molar-refractivity contribution in [3.63, 3.8) is 0 Å². The number of carboxylic acid groups (broad SMARTS) is 1. The summed E-state index contributed by atoms with van der Waals surface area (Å²) in [6.45, 7) is 1.85. The maximum Gasteiger partial charge on any atom is 0.324 e. The summed E-state index contributed by atoms with van der Waals surface area (Å²) in [6, 6.07) is 8.27. The fourth-order valence-corrected chi connectivity index (χ4v) is 1.82. The number of hydrogen-bond acceptors (Lipinski definition) is 3. The number of anilines is 1. The van der Waals surface area contributed by atoms with Crippen molar-refractivity contribution in [2.45, 2.75) is 13.3 Å². The lowest BCUT2D eigenvalue weighted by molar-refractivity contribution is -0.136. The number of hydrogen-bond donors (Lipinski definition) is 2. The number of carboxylic acids is 1. The van der Waals surface area contributed by atoms with Crippen molar-refractivity contribution in [3.05, 3.63) is 30.3 Å². The molecule has 3 N–H and O–H groups in total. The highest BCUT2D eigenvalue weighted by molar-refractivity contribution is 5.94. The molecule has 1 rings (SSSR count). The molecule has 7 heteroatoms. The van der Waals surface area contributed by atoms with Gasteiger partial charge in [0, 0.05) is 18.8 Å². The Hall–Kier alpha value is -2.57. The number of carbonyl (C=O) groups is 3. The first-order valence-corrected chi connectivity index (χ1v) is 6.57. The zero-order valence-electron chi connectivity index (χ0n) is 11.9. The van der Waals surface area contributed by atoms with Crippen LogP contribution in [0.3, 0.4) is 0 Å². The minimum absolute atomic E-state index is 0.0213. The third-order valence-corrected chi connectivity index (χ3v) is 2.85. The van der Waals surface area contributed by atoms with Crippen LogP contribution in [0, 0.1) is 0 Å². The highest BCUT2D eigenvalue weighted by atomic mass is 16.4. The van der Waals surface area contributed by atoms with Crippen LogP contribution in [-0.4, -0.2) is 47.5 Å². The molecule has 0 radical (unpaired) electrons. The Morgan fingerprint density at radius 2 is 1.81 bits per heavy atom. The van der Waals surface area contributed by atoms with Crippen molar-refractivity contribution in [2.75, 3.05) is 24.5 Å². The smallest absolute Gasteiger partial charge is 0.324 e. The lowest BCUT2D eigenvalue weighted by Gasteiger charge is -2.29. The van der Waals surface area contributed by atoms with Gasteiger partial charge in [0.15, 0.2) is 0 Å². The van der Waals surface area contributed by atoms with Gasteiger partial charge in [-0.25, -0.2) is 4.79 Å². The van der Waals surface area contributed by atoms with Gasteiger partial charge in [0.05, 0.1) is 6.42 Å². The van der Waals surface area contributed by atoms with Gasteiger partial charge in [-0.15, -0.1) is 0 Å². The van der Waals surface area contributed by atoms with Crippen molar-refractivity contribution in [1.82, 2.24) is 4.90 Å². The van der Waals surface area contributed by atoms with E-state index in [-0.39, 0.29) is 19.5 Å². The van der Waals surface area contributed by atoms with E-state index in [1.165, 1.54) is 9.80 Å². The Bertz CT molecular complexity index is 504. The van der Waals surface area contributed by atoms with Crippen molar-refractivity contribution in [2.24, 2.45) is 5.73 Å². The van der Waals surface area contributed by atoms with E-state index < -0.39 is 17.9 Å². The largest absolute Gasteiger partial charge is 0.481 e. The number of para-hydroxylation sites is 1. The number of carbonyl (C=O) groups excluding carboxylic acids is 2. The third-order valence-electron chi connectivity index (χ3n) is 2.85. The van der Waals surface area contributed by atoms with E-state index in [0.717, 1.165) is 0 Å². The van der Waals surface area contributed by atoms with Crippen LogP contribution in [-0.2, 0) is 9.59 Å². The summed E-state index contributed by atoms with van der Waals surface area (Å²) in [7, 11) is 0. The second-order valence-electron chi connectivity index (χ2n) is 4.39. The van der Waals surface area contributed by atoms with Gasteiger partial charge in [-0.1, -0.05) is 18.2 Å². The number of benzene rings is 1. The number of rotatable bonds is 7. The van der Waals surface area contributed by atoms with Crippen molar-refractivity contribution < 1.29 is 19.5 Å². The summed E-state index contributed by atoms with van der Waals surface area (Å²) < 4.78 is 0. The monoisotopic (exact) mass is 293 g/mol. The van der Waals surface area contributed by atoms with Gasteiger partial charge in [-0.3, -0.25) is 14.5 Å². The van der Waals surface area contributed by atoms with Crippen LogP contribution in [0.4, 0.5) is 10.5 Å². The number of amides is 3. The van der Waals surface area contributed by atoms with Crippen molar-refractivity contribution >= 4 is 23.6 Å². The highest BCUT2D eigenvalue weighted by Crippen LogP contribution is 2.16. The average Bonchev–Trinajstić information content (AvgIpc) is 2.45. The quantitative estimate of drug-likeness (QED) is 0.779. The summed E-state index contributed by atoms with van der Waals surface area (Å²) in [6.07, 6.45) is -0.186. The van der Waals surface area contributed by atoms with E-state index in [2.05, 4.69) is 0 Å². The van der Waals surface area contributed by atoms with Gasteiger partial charge >= 0.3 is 12.0 Å². The fraction of sp³-hybridized carbons (Fsp3) is 0.357. The Morgan fingerprint density at radius 1 is 1.19 bits per heavy atom. The second kappa shape index (κ2) is 7.88. The summed E-state index contributed by atoms with van der Waals surface area (Å²) in [5, 5.41) is 8.81. The SMILES string of the molecule is CCN(CC(N)=O)C(=O)N(CCC(=O)O)c1ccccc1. The molecule has 0 aliphatic heterocycles. The highest BCUT2D eigenvalue weighted by Gasteiger charge is 2.22. The molecular weight excluding hydrogens is 274 g/mol. The number of nitrogens with zero attached hydrogens (tertiary/aromatic N) is 2. The molecule has 0 fully saturated rings. The summed E-state index contributed by atoms with van der Waals surface area (Å²) in [4.78, 5) is 36.8. The van der Waals surface area contributed by atoms with Crippen molar-refractivity contribution in [3.8, 4) is 0 Å². The van der Waals surface area contributed by atoms with Crippen LogP contribution in [0.15, 0.2) is 30.3 Å². The number of primary amides is 1. The zero-order chi connectivity index (χ0) is 15.8. The first-order valence-electron chi connectivity index (χ1n) is 6.57. The molecule has 1 aromatic rings. The van der Waals surface area contributed by atoms with Gasteiger partial charge in [-0.05, 0) is 19.1 Å². The lowest BCUT2D eigenvalue weighted by Crippen LogP contribution is -2.47. The number of aliphatic carboxylic acids is 1. The van der Waals surface area contributed by atoms with Crippen LogP contribution >= 0.6 is 0 Å². The molecule has 7 nitrogen and oxygen atoms in total. The Morgan fingerprint density at radius 3 is 2.29 bits per heavy atom. The van der Waals surface area contributed by atoms with Gasteiger partial charge < -0.3 is 15.7 Å². The standard InChI is InChI=1S/C14H19N3O4/c1-2-16(10-12(15)18)14(21)17(9-8-13(19)20)11-6-4-3-5-7-11/h3-7H,2,8-10H2,1H3,(H2,15,18)(H,19,20). The Kier molecular flexibility index (Phi) is 6.19. The van der Waals surface area contributed by atoms with Gasteiger partial charge in [-0.2, -0.15) is 0 Å². The third kappa shape index (κ3) is 5.13. The van der Waals surface area contributed by atoms with Gasteiger partial charge in [0.1, 0.15) is 6.54 Å². The van der Waals surface area contributed by atoms with Crippen LogP contribution in [0.25, 0.3) is 0 Å². The molecule has 21 heavy (non-hydrogen) atoms. The minimum Gasteiger partial charge on any atom is -0.481 e. The maximum absolute atomic E-state index is 12.5. The lowest BCUT2D eigenvalue weighted by atomic mass is 10.2. The van der Waals surface area contributed by atoms with Crippen LogP contribution in [0.1, 0.15) is 13.3 Å². The first-order chi connectivity index (χ1) is 9.95. The number of likely N-dealkylation sites (N-methyl/N-ethyl adjacent to an activating group) is 1. The maximum atomic E-state index is 12.5. The van der Waals surface area contributed by atoms with E-state index in [4.69, 9.17) is 10.8 Å². The van der Waals surface area contributed by atoms with E-state index in [1.54, 1.807) is 37.3 Å². The van der Waals surface area contributed by atoms with Crippen LogP contribution < -0.4 is 10.6 Å². The average molecular weight is 293 g/mol. The predicted molar refractivity (Wildman–Crippen MR) is 77.9 cm³/mol. The fourth-order valence-electron chi connectivity index (χ4n) is 1.82. The summed E-state index contributed by atoms with van der Waals surface area (Å²) >= 11 is 0. The Labute approximate surface area is 122 Å². The molecule has 0 unspecified atom stereocenters. The minimum atomic E-state index is -0.998. The molecule has 114 valence electrons. The molecule has 0 atom stereocenters. The second-order valence-corrected chi connectivity index (χ2v) is 4.39. The molecule has 0 bridgehead atoms. The van der Waals surface area contributed by atoms with E-state index in [9.17, 15) is 14.4 Å². The zero-order valence-corrected chi connectivity index (χ0v) is 11.9. The van der Waals surface area contributed by atoms with Gasteiger partial charge in [0.2, 0.25) is 5.91 Å². The molecule has 0 saturated carbocycles. The topological polar surface area (TPSA) is 104 Å². The van der Waals surface area contributed by atoms with E-state index in [1.807, 2.05) is 0 Å². The first kappa shape index (κ1) is 16.5. The molecular formula is C14H19N3O4. The summed E-state index contributed by atoms with van der Waals surface area (Å²) in [5.74, 6) is -1.61. The number of nitrogens with two attached hydrogens (primary N) is 1. The van der Waals surface area contributed by atoms with Crippen LogP contribution in [0.5, 0.6) is 0 Å².